The predicted octanol–water partition coefficient (Wildman–Crippen LogP) is -0.153. The van der Waals surface area contributed by atoms with E-state index in [-0.39, 0.29) is 31.1 Å². The monoisotopic (exact) mass is 115 g/mol. The highest BCUT2D eigenvalue weighted by atomic mass is 35.5. The number of carbonyl (C=O) groups is 1. The first-order chi connectivity index (χ1) is 1.41. The Labute approximate surface area is 42.7 Å². The second kappa shape index (κ2) is 137. The summed E-state index contributed by atoms with van der Waals surface area (Å²) in [5.41, 5.74) is 4.17. The molecule has 1 amide bonds. The van der Waals surface area contributed by atoms with Gasteiger partial charge in [-0.3, -0.25) is 4.79 Å². The minimum absolute atomic E-state index is 0. The van der Waals surface area contributed by atoms with E-state index in [0.29, 0.717) is 0 Å². The van der Waals surface area contributed by atoms with E-state index in [9.17, 15) is 0 Å². The lowest BCUT2D eigenvalue weighted by atomic mass is 11.5. The molecular formula is CH10ClN3O. The van der Waals surface area contributed by atoms with Crippen molar-refractivity contribution in [1.82, 2.24) is 12.3 Å². The summed E-state index contributed by atoms with van der Waals surface area (Å²) in [7, 11) is 0. The first kappa shape index (κ1) is 44.1. The zero-order valence-corrected chi connectivity index (χ0v) is 4.20. The van der Waals surface area contributed by atoms with E-state index < -0.39 is 0 Å². The molecule has 0 aliphatic heterocycles. The van der Waals surface area contributed by atoms with E-state index in [1.807, 2.05) is 0 Å². The molecular weight excluding hydrogens is 105 g/mol. The van der Waals surface area contributed by atoms with Crippen molar-refractivity contribution in [2.24, 2.45) is 5.73 Å². The Bertz CT molecular complexity index is 18.3. The van der Waals surface area contributed by atoms with E-state index in [0.717, 1.165) is 0 Å². The molecule has 0 saturated carbocycles. The molecule has 0 unspecified atom stereocenters. The summed E-state index contributed by atoms with van der Waals surface area (Å²) in [5, 5.41) is 0. The van der Waals surface area contributed by atoms with Gasteiger partial charge < -0.3 is 18.0 Å². The normalized spacial score (nSPS) is 2.00. The van der Waals surface area contributed by atoms with E-state index in [1.54, 1.807) is 0 Å². The SMILES string of the molecule is Cl.N.N.NC=O. The number of amides is 1. The van der Waals surface area contributed by atoms with Gasteiger partial charge in [-0.15, -0.1) is 12.4 Å². The third-order valence-electron chi connectivity index (χ3n) is 0. The predicted molar refractivity (Wildman–Crippen MR) is 27.5 cm³/mol. The summed E-state index contributed by atoms with van der Waals surface area (Å²) in [5.74, 6) is 0. The lowest BCUT2D eigenvalue weighted by Crippen LogP contribution is -1.82. The molecule has 0 atom stereocenters. The van der Waals surface area contributed by atoms with Crippen LogP contribution in [0.3, 0.4) is 0 Å². The number of hydrogen-bond donors (Lipinski definition) is 3. The Kier molecular flexibility index (Phi) is 1010. The van der Waals surface area contributed by atoms with Gasteiger partial charge in [0.05, 0.1) is 0 Å². The van der Waals surface area contributed by atoms with Crippen molar-refractivity contribution in [1.29, 1.82) is 0 Å². The van der Waals surface area contributed by atoms with Crippen molar-refractivity contribution in [3.63, 3.8) is 0 Å². The minimum Gasteiger partial charge on any atom is -0.372 e. The highest BCUT2D eigenvalue weighted by Crippen LogP contribution is 0.798. The van der Waals surface area contributed by atoms with Crippen molar-refractivity contribution < 1.29 is 4.79 Å². The molecule has 0 aromatic rings. The molecule has 4 nitrogen and oxygen atoms in total. The average Bonchev–Trinajstić information content (AvgIpc) is 0.918. The van der Waals surface area contributed by atoms with Crippen LogP contribution in [-0.4, -0.2) is 6.41 Å². The zero-order valence-electron chi connectivity index (χ0n) is 3.39. The highest BCUT2D eigenvalue weighted by molar-refractivity contribution is 5.85. The molecule has 0 aromatic carbocycles. The smallest absolute Gasteiger partial charge is 0.204 e. The van der Waals surface area contributed by atoms with Crippen LogP contribution >= 0.6 is 12.4 Å². The topological polar surface area (TPSA) is 113 Å². The zero-order chi connectivity index (χ0) is 2.71. The quantitative estimate of drug-likeness (QED) is 0.382. The first-order valence-corrected chi connectivity index (χ1v) is 0.569. The summed E-state index contributed by atoms with van der Waals surface area (Å²) in [6.07, 6.45) is 0.250. The van der Waals surface area contributed by atoms with Crippen molar-refractivity contribution in [3.05, 3.63) is 0 Å². The maximum absolute atomic E-state index is 8.58. The van der Waals surface area contributed by atoms with E-state index in [4.69, 9.17) is 4.79 Å². The van der Waals surface area contributed by atoms with Gasteiger partial charge in [0, 0.05) is 0 Å². The fourth-order valence-corrected chi connectivity index (χ4v) is 0. The second-order valence-corrected chi connectivity index (χ2v) is 0.136. The fraction of sp³-hybridized carbons (Fsp3) is 0. The van der Waals surface area contributed by atoms with Crippen LogP contribution in [0.5, 0.6) is 0 Å². The number of hydrogen-bond acceptors (Lipinski definition) is 3. The van der Waals surface area contributed by atoms with Crippen LogP contribution < -0.4 is 18.0 Å². The van der Waals surface area contributed by atoms with Gasteiger partial charge in [-0.05, 0) is 0 Å². The summed E-state index contributed by atoms with van der Waals surface area (Å²) in [4.78, 5) is 8.58. The van der Waals surface area contributed by atoms with Crippen LogP contribution in [-0.2, 0) is 4.79 Å². The van der Waals surface area contributed by atoms with Gasteiger partial charge in [-0.25, -0.2) is 0 Å². The molecule has 6 heavy (non-hydrogen) atoms. The van der Waals surface area contributed by atoms with Crippen LogP contribution in [0.15, 0.2) is 0 Å². The molecule has 5 heteroatoms. The molecule has 0 saturated heterocycles. The molecule has 0 aliphatic rings. The number of primary amides is 1. The first-order valence-electron chi connectivity index (χ1n) is 0.569. The molecule has 0 rings (SSSR count). The molecule has 0 heterocycles. The second-order valence-electron chi connectivity index (χ2n) is 0.136. The van der Waals surface area contributed by atoms with Gasteiger partial charge in [0.15, 0.2) is 0 Å². The van der Waals surface area contributed by atoms with Gasteiger partial charge >= 0.3 is 0 Å². The summed E-state index contributed by atoms with van der Waals surface area (Å²) in [6, 6.07) is 0. The van der Waals surface area contributed by atoms with Crippen molar-refractivity contribution in [3.8, 4) is 0 Å². The maximum atomic E-state index is 8.58. The van der Waals surface area contributed by atoms with Crippen LogP contribution in [0, 0.1) is 0 Å². The Morgan fingerprint density at radius 1 is 1.33 bits per heavy atom. The van der Waals surface area contributed by atoms with Crippen LogP contribution in [0.4, 0.5) is 0 Å². The molecule has 0 fully saturated rings. The lowest BCUT2D eigenvalue weighted by Gasteiger charge is -1.32. The molecule has 0 bridgehead atoms. The minimum atomic E-state index is 0. The molecule has 0 spiro atoms. The molecule has 0 radical (unpaired) electrons. The van der Waals surface area contributed by atoms with Crippen molar-refractivity contribution >= 4 is 18.8 Å². The van der Waals surface area contributed by atoms with Gasteiger partial charge in [0.25, 0.3) is 0 Å². The molecule has 8 N–H and O–H groups in total. The average molecular weight is 116 g/mol. The third-order valence-corrected chi connectivity index (χ3v) is 0. The highest BCUT2D eigenvalue weighted by Gasteiger charge is 1.19. The molecule has 0 aliphatic carbocycles. The largest absolute Gasteiger partial charge is 0.372 e. The summed E-state index contributed by atoms with van der Waals surface area (Å²) >= 11 is 0. The van der Waals surface area contributed by atoms with E-state index >= 15 is 0 Å². The van der Waals surface area contributed by atoms with Crippen LogP contribution in [0.25, 0.3) is 0 Å². The fourth-order valence-electron chi connectivity index (χ4n) is 0. The number of nitrogens with two attached hydrogens (primary N) is 1. The third kappa shape index (κ3) is 258. The van der Waals surface area contributed by atoms with Gasteiger partial charge in [0.2, 0.25) is 6.41 Å². The molecule has 0 aromatic heterocycles. The maximum Gasteiger partial charge on any atom is 0.204 e. The number of halogens is 1. The Morgan fingerprint density at radius 3 is 1.33 bits per heavy atom. The van der Waals surface area contributed by atoms with Crippen LogP contribution in [0.1, 0.15) is 0 Å². The van der Waals surface area contributed by atoms with Gasteiger partial charge in [-0.2, -0.15) is 0 Å². The van der Waals surface area contributed by atoms with Gasteiger partial charge in [-0.1, -0.05) is 0 Å². The van der Waals surface area contributed by atoms with E-state index in [1.165, 1.54) is 0 Å². The molecule has 42 valence electrons. The summed E-state index contributed by atoms with van der Waals surface area (Å²) < 4.78 is 0. The van der Waals surface area contributed by atoms with Crippen molar-refractivity contribution in [2.45, 2.75) is 0 Å². The van der Waals surface area contributed by atoms with Crippen LogP contribution in [0.2, 0.25) is 0 Å². The van der Waals surface area contributed by atoms with Gasteiger partial charge in [0.1, 0.15) is 0 Å². The van der Waals surface area contributed by atoms with Crippen molar-refractivity contribution in [2.75, 3.05) is 0 Å². The standard InChI is InChI=1S/CH3NO.ClH.2H3N/c2-1-3;;;/h1H,(H2,2,3);1H;2*1H3. The van der Waals surface area contributed by atoms with E-state index in [2.05, 4.69) is 5.73 Å². The number of carbonyl (C=O) groups excluding carboxylic acids is 1. The Morgan fingerprint density at radius 2 is 1.33 bits per heavy atom. The Balaban J connectivity index is -0.00000000667. The number of rotatable bonds is 0. The summed E-state index contributed by atoms with van der Waals surface area (Å²) in [6.45, 7) is 0. The lowest BCUT2D eigenvalue weighted by molar-refractivity contribution is -0.106. The Hall–Kier alpha value is -0.320.